The minimum atomic E-state index is 0.658. The second-order valence-corrected chi connectivity index (χ2v) is 4.23. The van der Waals surface area contributed by atoms with Crippen LogP contribution < -0.4 is 0 Å². The molecule has 0 nitrogen and oxygen atoms in total. The van der Waals surface area contributed by atoms with Gasteiger partial charge in [0.15, 0.2) is 0 Å². The van der Waals surface area contributed by atoms with Crippen molar-refractivity contribution in [1.82, 2.24) is 0 Å². The third kappa shape index (κ3) is 4.09. The van der Waals surface area contributed by atoms with Crippen molar-refractivity contribution in [2.45, 2.75) is 32.6 Å². The van der Waals surface area contributed by atoms with Crippen LogP contribution in [0.4, 0.5) is 0 Å². The Balaban J connectivity index is 2.64. The molecule has 0 radical (unpaired) electrons. The zero-order chi connectivity index (χ0) is 11.1. The molecule has 0 heterocycles. The fraction of sp³-hybridized carbons (Fsp3) is 0.429. The van der Waals surface area contributed by atoms with Crippen LogP contribution in [0.1, 0.15) is 43.7 Å². The van der Waals surface area contributed by atoms with Gasteiger partial charge >= 0.3 is 0 Å². The molecule has 1 heteroatoms. The molecular formula is C14H19Cl. The molecule has 1 aromatic carbocycles. The van der Waals surface area contributed by atoms with Crippen LogP contribution in [0.15, 0.2) is 30.3 Å². The van der Waals surface area contributed by atoms with Crippen LogP contribution in [0.3, 0.4) is 0 Å². The van der Waals surface area contributed by atoms with Gasteiger partial charge in [-0.15, -0.1) is 11.6 Å². The number of halogens is 1. The summed E-state index contributed by atoms with van der Waals surface area (Å²) in [4.78, 5) is 0. The molecule has 1 aromatic rings. The first-order valence-electron chi connectivity index (χ1n) is 5.60. The van der Waals surface area contributed by atoms with Crippen LogP contribution in [0, 0.1) is 0 Å². The van der Waals surface area contributed by atoms with E-state index in [0.29, 0.717) is 11.8 Å². The number of alkyl halides is 1. The third-order valence-corrected chi connectivity index (χ3v) is 2.92. The number of rotatable bonds is 5. The average molecular weight is 223 g/mol. The third-order valence-electron chi connectivity index (χ3n) is 2.70. The number of allylic oxidation sites excluding steroid dienone is 1. The fourth-order valence-electron chi connectivity index (χ4n) is 1.45. The van der Waals surface area contributed by atoms with Gasteiger partial charge in [-0.1, -0.05) is 50.3 Å². The van der Waals surface area contributed by atoms with Crippen molar-refractivity contribution in [3.63, 3.8) is 0 Å². The second kappa shape index (κ2) is 6.68. The minimum Gasteiger partial charge on any atom is -0.126 e. The molecule has 82 valence electrons. The molecule has 1 rings (SSSR count). The van der Waals surface area contributed by atoms with Crippen molar-refractivity contribution in [3.8, 4) is 0 Å². The summed E-state index contributed by atoms with van der Waals surface area (Å²) in [6.07, 6.45) is 6.38. The highest BCUT2D eigenvalue weighted by molar-refractivity contribution is 6.17. The van der Waals surface area contributed by atoms with Crippen LogP contribution >= 0.6 is 11.6 Å². The first kappa shape index (κ1) is 12.3. The molecule has 0 N–H and O–H groups in total. The van der Waals surface area contributed by atoms with Gasteiger partial charge in [0.2, 0.25) is 0 Å². The van der Waals surface area contributed by atoms with Gasteiger partial charge < -0.3 is 0 Å². The van der Waals surface area contributed by atoms with Gasteiger partial charge in [0, 0.05) is 5.88 Å². The average Bonchev–Trinajstić information content (AvgIpc) is 2.29. The van der Waals surface area contributed by atoms with Crippen molar-refractivity contribution in [2.75, 3.05) is 5.88 Å². The Morgan fingerprint density at radius 3 is 2.47 bits per heavy atom. The summed E-state index contributed by atoms with van der Waals surface area (Å²) in [5.41, 5.74) is 2.68. The molecule has 0 aliphatic rings. The molecule has 0 bridgehead atoms. The summed E-state index contributed by atoms with van der Waals surface area (Å²) in [5, 5.41) is 0. The van der Waals surface area contributed by atoms with Gasteiger partial charge in [-0.05, 0) is 29.9 Å². The Labute approximate surface area is 98.0 Å². The van der Waals surface area contributed by atoms with E-state index in [4.69, 9.17) is 11.6 Å². The maximum atomic E-state index is 5.60. The standard InChI is InChI=1S/C14H19Cl/c1-3-12(2)14-9-7-13(8-10-14)6-4-5-11-15/h4,6-10,12H,3,5,11H2,1-2H3/b6-4+. The van der Waals surface area contributed by atoms with Crippen molar-refractivity contribution in [1.29, 1.82) is 0 Å². The van der Waals surface area contributed by atoms with E-state index in [-0.39, 0.29) is 0 Å². The van der Waals surface area contributed by atoms with E-state index in [1.807, 2.05) is 0 Å². The van der Waals surface area contributed by atoms with Crippen LogP contribution in [0.2, 0.25) is 0 Å². The largest absolute Gasteiger partial charge is 0.126 e. The lowest BCUT2D eigenvalue weighted by Crippen LogP contribution is -1.90. The Hall–Kier alpha value is -0.750. The highest BCUT2D eigenvalue weighted by Gasteiger charge is 2.00. The second-order valence-electron chi connectivity index (χ2n) is 3.86. The van der Waals surface area contributed by atoms with Gasteiger partial charge in [-0.25, -0.2) is 0 Å². The van der Waals surface area contributed by atoms with E-state index in [9.17, 15) is 0 Å². The Morgan fingerprint density at radius 2 is 1.93 bits per heavy atom. The van der Waals surface area contributed by atoms with E-state index < -0.39 is 0 Å². The smallest absolute Gasteiger partial charge is 0.0258 e. The normalized spacial score (nSPS) is 13.3. The molecule has 0 spiro atoms. The Bertz CT molecular complexity index is 298. The summed E-state index contributed by atoms with van der Waals surface area (Å²) >= 11 is 5.60. The summed E-state index contributed by atoms with van der Waals surface area (Å²) in [6.45, 7) is 4.48. The molecule has 0 saturated heterocycles. The first-order chi connectivity index (χ1) is 7.27. The van der Waals surface area contributed by atoms with Gasteiger partial charge in [0.25, 0.3) is 0 Å². The van der Waals surface area contributed by atoms with Crippen molar-refractivity contribution < 1.29 is 0 Å². The lowest BCUT2D eigenvalue weighted by atomic mass is 9.97. The quantitative estimate of drug-likeness (QED) is 0.626. The van der Waals surface area contributed by atoms with Crippen LogP contribution in [0.25, 0.3) is 6.08 Å². The van der Waals surface area contributed by atoms with Crippen molar-refractivity contribution in [3.05, 3.63) is 41.5 Å². The highest BCUT2D eigenvalue weighted by atomic mass is 35.5. The number of hydrogen-bond donors (Lipinski definition) is 0. The molecule has 1 unspecified atom stereocenters. The topological polar surface area (TPSA) is 0 Å². The molecular weight excluding hydrogens is 204 g/mol. The monoisotopic (exact) mass is 222 g/mol. The van der Waals surface area contributed by atoms with E-state index in [0.717, 1.165) is 6.42 Å². The maximum Gasteiger partial charge on any atom is 0.0258 e. The molecule has 0 aromatic heterocycles. The number of benzene rings is 1. The molecule has 0 aliphatic carbocycles. The van der Waals surface area contributed by atoms with Crippen LogP contribution in [-0.4, -0.2) is 5.88 Å². The summed E-state index contributed by atoms with van der Waals surface area (Å²) in [6, 6.07) is 8.78. The molecule has 0 aliphatic heterocycles. The van der Waals surface area contributed by atoms with E-state index >= 15 is 0 Å². The summed E-state index contributed by atoms with van der Waals surface area (Å²) < 4.78 is 0. The summed E-state index contributed by atoms with van der Waals surface area (Å²) in [5.74, 6) is 1.35. The lowest BCUT2D eigenvalue weighted by Gasteiger charge is -2.08. The van der Waals surface area contributed by atoms with Crippen molar-refractivity contribution >= 4 is 17.7 Å². The summed E-state index contributed by atoms with van der Waals surface area (Å²) in [7, 11) is 0. The van der Waals surface area contributed by atoms with E-state index in [2.05, 4.69) is 50.3 Å². The van der Waals surface area contributed by atoms with Crippen molar-refractivity contribution in [2.24, 2.45) is 0 Å². The Kier molecular flexibility index (Phi) is 5.49. The first-order valence-corrected chi connectivity index (χ1v) is 6.13. The maximum absolute atomic E-state index is 5.60. The lowest BCUT2D eigenvalue weighted by molar-refractivity contribution is 0.733. The molecule has 15 heavy (non-hydrogen) atoms. The minimum absolute atomic E-state index is 0.658. The SMILES string of the molecule is CCC(C)c1ccc(/C=C/CCCl)cc1. The van der Waals surface area contributed by atoms with Gasteiger partial charge in [-0.3, -0.25) is 0 Å². The molecule has 0 saturated carbocycles. The molecule has 1 atom stereocenters. The van der Waals surface area contributed by atoms with Crippen LogP contribution in [-0.2, 0) is 0 Å². The fourth-order valence-corrected chi connectivity index (χ4v) is 1.58. The van der Waals surface area contributed by atoms with Crippen LogP contribution in [0.5, 0.6) is 0 Å². The zero-order valence-corrected chi connectivity index (χ0v) is 10.3. The van der Waals surface area contributed by atoms with Gasteiger partial charge in [0.05, 0.1) is 0 Å². The molecule has 0 fully saturated rings. The van der Waals surface area contributed by atoms with Gasteiger partial charge in [0.1, 0.15) is 0 Å². The Morgan fingerprint density at radius 1 is 1.27 bits per heavy atom. The predicted molar refractivity (Wildman–Crippen MR) is 69.5 cm³/mol. The highest BCUT2D eigenvalue weighted by Crippen LogP contribution is 2.19. The number of hydrogen-bond acceptors (Lipinski definition) is 0. The van der Waals surface area contributed by atoms with E-state index in [1.54, 1.807) is 0 Å². The zero-order valence-electron chi connectivity index (χ0n) is 9.54. The van der Waals surface area contributed by atoms with E-state index in [1.165, 1.54) is 17.5 Å². The van der Waals surface area contributed by atoms with Gasteiger partial charge in [-0.2, -0.15) is 0 Å². The predicted octanol–water partition coefficient (Wildman–Crippen LogP) is 4.84. The molecule has 0 amide bonds.